The summed E-state index contributed by atoms with van der Waals surface area (Å²) < 4.78 is 41.4. The van der Waals surface area contributed by atoms with Gasteiger partial charge >= 0.3 is 6.18 Å². The fraction of sp³-hybridized carbons (Fsp3) is 0.333. The van der Waals surface area contributed by atoms with E-state index in [2.05, 4.69) is 25.9 Å². The summed E-state index contributed by atoms with van der Waals surface area (Å²) in [5, 5.41) is 17.2. The number of carbonyl (C=O) groups excluding carboxylic acids is 1. The molecule has 0 spiro atoms. The lowest BCUT2D eigenvalue weighted by Gasteiger charge is -2.14. The number of pyridine rings is 1. The summed E-state index contributed by atoms with van der Waals surface area (Å²) >= 11 is 0. The van der Waals surface area contributed by atoms with E-state index in [0.29, 0.717) is 5.56 Å². The molecule has 3 rings (SSSR count). The first-order valence-electron chi connectivity index (χ1n) is 7.64. The Morgan fingerprint density at radius 3 is 2.65 bits per heavy atom. The number of nitrogens with zero attached hydrogens (tertiary/aromatic N) is 5. The van der Waals surface area contributed by atoms with Crippen molar-refractivity contribution in [3.8, 4) is 0 Å². The first-order chi connectivity index (χ1) is 12.3. The van der Waals surface area contributed by atoms with Crippen LogP contribution in [0.15, 0.2) is 30.7 Å². The third-order valence-corrected chi connectivity index (χ3v) is 3.83. The van der Waals surface area contributed by atoms with Gasteiger partial charge in [-0.25, -0.2) is 0 Å². The van der Waals surface area contributed by atoms with Crippen molar-refractivity contribution in [2.24, 2.45) is 7.05 Å². The number of hydrogen-bond donors (Lipinski definition) is 2. The highest BCUT2D eigenvalue weighted by atomic mass is 19.4. The normalized spacial score (nSPS) is 13.1. The molecule has 3 heterocycles. The fourth-order valence-corrected chi connectivity index (χ4v) is 2.53. The minimum atomic E-state index is -4.48. The molecule has 11 heteroatoms. The second-order valence-corrected chi connectivity index (χ2v) is 5.65. The molecule has 1 amide bonds. The van der Waals surface area contributed by atoms with Crippen LogP contribution in [0.4, 0.5) is 13.2 Å². The standard InChI is InChI=1S/C15H16F3N7O/c1-19-13(9-5-21-24(2)7-9)14(26)20-6-12-23-22-11-4-3-10(8-25(11)12)15(16,17)18/h3-5,7-8,13,19H,6H2,1-2H3,(H,20,26). The van der Waals surface area contributed by atoms with Crippen LogP contribution >= 0.6 is 0 Å². The summed E-state index contributed by atoms with van der Waals surface area (Å²) in [6.07, 6.45) is -0.310. The molecule has 26 heavy (non-hydrogen) atoms. The van der Waals surface area contributed by atoms with Crippen LogP contribution in [0, 0.1) is 0 Å². The first kappa shape index (κ1) is 17.9. The number of alkyl halides is 3. The molecule has 1 atom stereocenters. The van der Waals surface area contributed by atoms with Gasteiger partial charge in [-0.1, -0.05) is 0 Å². The number of hydrogen-bond acceptors (Lipinski definition) is 5. The highest BCUT2D eigenvalue weighted by Gasteiger charge is 2.31. The molecular formula is C15H16F3N7O. The Labute approximate surface area is 146 Å². The molecule has 0 saturated heterocycles. The summed E-state index contributed by atoms with van der Waals surface area (Å²) in [6, 6.07) is 1.52. The zero-order valence-electron chi connectivity index (χ0n) is 13.9. The molecule has 3 aromatic rings. The van der Waals surface area contributed by atoms with E-state index < -0.39 is 17.8 Å². The van der Waals surface area contributed by atoms with Gasteiger partial charge in [0.15, 0.2) is 11.5 Å². The van der Waals surface area contributed by atoms with Crippen molar-refractivity contribution in [1.29, 1.82) is 0 Å². The van der Waals surface area contributed by atoms with E-state index in [1.807, 2.05) is 0 Å². The lowest BCUT2D eigenvalue weighted by molar-refractivity contribution is -0.137. The number of rotatable bonds is 5. The Hall–Kier alpha value is -2.95. The van der Waals surface area contributed by atoms with Crippen LogP contribution in [0.3, 0.4) is 0 Å². The van der Waals surface area contributed by atoms with Crippen molar-refractivity contribution >= 4 is 11.6 Å². The van der Waals surface area contributed by atoms with Crippen LogP contribution in [0.5, 0.6) is 0 Å². The van der Waals surface area contributed by atoms with Gasteiger partial charge in [-0.15, -0.1) is 10.2 Å². The average Bonchev–Trinajstić information content (AvgIpc) is 3.18. The number of nitrogens with one attached hydrogen (secondary N) is 2. The number of amides is 1. The second kappa shape index (κ2) is 6.75. The Morgan fingerprint density at radius 1 is 1.27 bits per heavy atom. The van der Waals surface area contributed by atoms with E-state index in [0.717, 1.165) is 12.3 Å². The molecule has 0 radical (unpaired) electrons. The third-order valence-electron chi connectivity index (χ3n) is 3.83. The minimum Gasteiger partial charge on any atom is -0.347 e. The zero-order chi connectivity index (χ0) is 18.9. The molecule has 138 valence electrons. The topological polar surface area (TPSA) is 89.1 Å². The van der Waals surface area contributed by atoms with Gasteiger partial charge in [-0.3, -0.25) is 13.9 Å². The smallest absolute Gasteiger partial charge is 0.347 e. The van der Waals surface area contributed by atoms with Crippen LogP contribution in [-0.4, -0.2) is 37.3 Å². The molecular weight excluding hydrogens is 351 g/mol. The Bertz CT molecular complexity index is 931. The van der Waals surface area contributed by atoms with Crippen molar-refractivity contribution in [3.63, 3.8) is 0 Å². The fourth-order valence-electron chi connectivity index (χ4n) is 2.53. The molecule has 1 unspecified atom stereocenters. The Morgan fingerprint density at radius 2 is 2.04 bits per heavy atom. The SMILES string of the molecule is CNC(C(=O)NCc1nnc2ccc(C(F)(F)F)cn12)c1cnn(C)c1. The molecule has 0 bridgehead atoms. The summed E-state index contributed by atoms with van der Waals surface area (Å²) in [5.74, 6) is -0.162. The molecule has 0 aliphatic carbocycles. The largest absolute Gasteiger partial charge is 0.417 e. The first-order valence-corrected chi connectivity index (χ1v) is 7.64. The predicted molar refractivity (Wildman–Crippen MR) is 84.8 cm³/mol. The Balaban J connectivity index is 1.77. The maximum absolute atomic E-state index is 12.9. The van der Waals surface area contributed by atoms with Gasteiger partial charge in [-0.2, -0.15) is 18.3 Å². The Kier molecular flexibility index (Phi) is 4.64. The van der Waals surface area contributed by atoms with Crippen molar-refractivity contribution in [2.45, 2.75) is 18.8 Å². The summed E-state index contributed by atoms with van der Waals surface area (Å²) in [4.78, 5) is 12.4. The van der Waals surface area contributed by atoms with Crippen LogP contribution in [-0.2, 0) is 24.6 Å². The van der Waals surface area contributed by atoms with Gasteiger partial charge in [0.1, 0.15) is 6.04 Å². The lowest BCUT2D eigenvalue weighted by atomic mass is 10.1. The summed E-state index contributed by atoms with van der Waals surface area (Å²) in [5.41, 5.74) is 0.110. The van der Waals surface area contributed by atoms with Gasteiger partial charge in [0.05, 0.1) is 18.3 Å². The number of carbonyl (C=O) groups is 1. The van der Waals surface area contributed by atoms with Gasteiger partial charge in [0.25, 0.3) is 0 Å². The highest BCUT2D eigenvalue weighted by Crippen LogP contribution is 2.29. The van der Waals surface area contributed by atoms with Crippen LogP contribution in [0.25, 0.3) is 5.65 Å². The third kappa shape index (κ3) is 3.52. The number of aryl methyl sites for hydroxylation is 1. The molecule has 8 nitrogen and oxygen atoms in total. The number of likely N-dealkylation sites (N-methyl/N-ethyl adjacent to an activating group) is 1. The molecule has 0 aromatic carbocycles. The number of halogens is 3. The van der Waals surface area contributed by atoms with Crippen LogP contribution < -0.4 is 10.6 Å². The minimum absolute atomic E-state index is 0.0697. The average molecular weight is 367 g/mol. The lowest BCUT2D eigenvalue weighted by Crippen LogP contribution is -2.35. The van der Waals surface area contributed by atoms with Crippen molar-refractivity contribution in [3.05, 3.63) is 47.7 Å². The number of fused-ring (bicyclic) bond motifs is 1. The second-order valence-electron chi connectivity index (χ2n) is 5.65. The van der Waals surface area contributed by atoms with Crippen molar-refractivity contribution in [2.75, 3.05) is 7.05 Å². The molecule has 0 fully saturated rings. The van der Waals surface area contributed by atoms with E-state index in [9.17, 15) is 18.0 Å². The van der Waals surface area contributed by atoms with E-state index in [1.165, 1.54) is 10.5 Å². The molecule has 0 aliphatic heterocycles. The highest BCUT2D eigenvalue weighted by molar-refractivity contribution is 5.82. The van der Waals surface area contributed by atoms with E-state index in [4.69, 9.17) is 0 Å². The van der Waals surface area contributed by atoms with Gasteiger partial charge in [-0.05, 0) is 19.2 Å². The van der Waals surface area contributed by atoms with Crippen molar-refractivity contribution < 1.29 is 18.0 Å². The molecule has 2 N–H and O–H groups in total. The van der Waals surface area contributed by atoms with Gasteiger partial charge < -0.3 is 10.6 Å². The summed E-state index contributed by atoms with van der Waals surface area (Å²) in [6.45, 7) is -0.0697. The maximum Gasteiger partial charge on any atom is 0.417 e. The summed E-state index contributed by atoms with van der Waals surface area (Å²) in [7, 11) is 3.36. The molecule has 3 aromatic heterocycles. The predicted octanol–water partition coefficient (Wildman–Crippen LogP) is 1.06. The van der Waals surface area contributed by atoms with Gasteiger partial charge in [0.2, 0.25) is 5.91 Å². The van der Waals surface area contributed by atoms with Crippen LogP contribution in [0.1, 0.15) is 23.0 Å². The zero-order valence-corrected chi connectivity index (χ0v) is 13.9. The van der Waals surface area contributed by atoms with E-state index in [1.54, 1.807) is 31.2 Å². The quantitative estimate of drug-likeness (QED) is 0.704. The number of aromatic nitrogens is 5. The van der Waals surface area contributed by atoms with E-state index >= 15 is 0 Å². The van der Waals surface area contributed by atoms with Crippen LogP contribution in [0.2, 0.25) is 0 Å². The van der Waals surface area contributed by atoms with E-state index in [-0.39, 0.29) is 23.9 Å². The molecule has 0 saturated carbocycles. The molecule has 0 aliphatic rings. The maximum atomic E-state index is 12.9. The monoisotopic (exact) mass is 367 g/mol. The van der Waals surface area contributed by atoms with Gasteiger partial charge in [0, 0.05) is 25.0 Å². The van der Waals surface area contributed by atoms with Crippen molar-refractivity contribution in [1.82, 2.24) is 35.0 Å².